The maximum absolute atomic E-state index is 14.2. The van der Waals surface area contributed by atoms with Gasteiger partial charge in [0, 0.05) is 6.07 Å². The predicted octanol–water partition coefficient (Wildman–Crippen LogP) is 3.43. The van der Waals surface area contributed by atoms with Crippen LogP contribution in [0.2, 0.25) is 0 Å². The second-order valence-corrected chi connectivity index (χ2v) is 4.76. The second-order valence-electron chi connectivity index (χ2n) is 4.76. The third-order valence-corrected chi connectivity index (χ3v) is 3.28. The average molecular weight is 310 g/mol. The van der Waals surface area contributed by atoms with E-state index in [0.29, 0.717) is 16.9 Å². The van der Waals surface area contributed by atoms with E-state index in [4.69, 9.17) is 10.00 Å². The van der Waals surface area contributed by atoms with E-state index < -0.39 is 11.7 Å². The minimum atomic E-state index is -0.544. The summed E-state index contributed by atoms with van der Waals surface area (Å²) in [5, 5.41) is 8.96. The lowest BCUT2D eigenvalue weighted by Gasteiger charge is -2.22. The highest BCUT2D eigenvalue weighted by Crippen LogP contribution is 2.27. The molecule has 0 N–H and O–H groups in total. The Kier molecular flexibility index (Phi) is 5.11. The van der Waals surface area contributed by atoms with E-state index in [-0.39, 0.29) is 12.2 Å². The maximum atomic E-state index is 14.2. The van der Waals surface area contributed by atoms with Gasteiger partial charge in [-0.2, -0.15) is 5.26 Å². The molecule has 0 radical (unpaired) electrons. The van der Waals surface area contributed by atoms with Crippen molar-refractivity contribution < 1.29 is 13.9 Å². The quantitative estimate of drug-likeness (QED) is 0.795. The number of methoxy groups -OCH3 is 1. The molecule has 4 nitrogen and oxygen atoms in total. The zero-order valence-electron chi connectivity index (χ0n) is 12.6. The molecule has 0 saturated carbocycles. The van der Waals surface area contributed by atoms with Gasteiger partial charge in [-0.25, -0.2) is 4.39 Å². The van der Waals surface area contributed by atoms with E-state index in [1.807, 2.05) is 6.07 Å². The summed E-state index contributed by atoms with van der Waals surface area (Å²) >= 11 is 0. The van der Waals surface area contributed by atoms with Gasteiger partial charge in [-0.15, -0.1) is 0 Å². The SMILES string of the molecule is C=CC(=O)N(Cc1cccc(C#N)c1)c1cc(OC)ccc1F. The maximum Gasteiger partial charge on any atom is 0.250 e. The monoisotopic (exact) mass is 310 g/mol. The molecule has 0 aliphatic carbocycles. The van der Waals surface area contributed by atoms with E-state index in [9.17, 15) is 9.18 Å². The van der Waals surface area contributed by atoms with E-state index in [1.165, 1.54) is 30.2 Å². The van der Waals surface area contributed by atoms with Gasteiger partial charge in [0.15, 0.2) is 0 Å². The Balaban J connectivity index is 2.43. The number of rotatable bonds is 5. The Labute approximate surface area is 134 Å². The minimum absolute atomic E-state index is 0.0941. The third kappa shape index (κ3) is 3.74. The number of amides is 1. The van der Waals surface area contributed by atoms with Crippen molar-refractivity contribution in [1.82, 2.24) is 0 Å². The molecule has 0 saturated heterocycles. The number of benzene rings is 2. The number of nitriles is 1. The molecule has 0 aliphatic heterocycles. The first-order chi connectivity index (χ1) is 11.1. The molecule has 5 heteroatoms. The van der Waals surface area contributed by atoms with E-state index >= 15 is 0 Å². The predicted molar refractivity (Wildman–Crippen MR) is 85.5 cm³/mol. The van der Waals surface area contributed by atoms with Crippen molar-refractivity contribution in [2.45, 2.75) is 6.54 Å². The van der Waals surface area contributed by atoms with Crippen molar-refractivity contribution in [2.75, 3.05) is 12.0 Å². The molecule has 0 bridgehead atoms. The summed E-state index contributed by atoms with van der Waals surface area (Å²) in [6, 6.07) is 13.0. The molecule has 0 aromatic heterocycles. The number of nitrogens with zero attached hydrogens (tertiary/aromatic N) is 2. The zero-order chi connectivity index (χ0) is 16.8. The summed E-state index contributed by atoms with van der Waals surface area (Å²) in [6.45, 7) is 3.57. The van der Waals surface area contributed by atoms with Crippen LogP contribution in [0, 0.1) is 17.1 Å². The number of halogens is 1. The summed E-state index contributed by atoms with van der Waals surface area (Å²) in [5.41, 5.74) is 1.28. The van der Waals surface area contributed by atoms with Crippen LogP contribution < -0.4 is 9.64 Å². The molecule has 0 heterocycles. The van der Waals surface area contributed by atoms with Crippen molar-refractivity contribution in [3.05, 3.63) is 72.1 Å². The second kappa shape index (κ2) is 7.23. The van der Waals surface area contributed by atoms with E-state index in [2.05, 4.69) is 6.58 Å². The van der Waals surface area contributed by atoms with Crippen LogP contribution >= 0.6 is 0 Å². The number of carbonyl (C=O) groups is 1. The summed E-state index contributed by atoms with van der Waals surface area (Å²) < 4.78 is 19.3. The molecule has 0 aliphatic rings. The number of carbonyl (C=O) groups excluding carboxylic acids is 1. The summed E-state index contributed by atoms with van der Waals surface area (Å²) in [4.78, 5) is 13.4. The number of hydrogen-bond donors (Lipinski definition) is 0. The molecule has 0 atom stereocenters. The summed E-state index contributed by atoms with van der Waals surface area (Å²) in [7, 11) is 1.47. The van der Waals surface area contributed by atoms with Gasteiger partial charge in [0.05, 0.1) is 31.0 Å². The summed E-state index contributed by atoms with van der Waals surface area (Å²) in [5.74, 6) is -0.550. The first kappa shape index (κ1) is 16.2. The van der Waals surface area contributed by atoms with E-state index in [0.717, 1.165) is 6.08 Å². The molecule has 116 valence electrons. The van der Waals surface area contributed by atoms with Crippen LogP contribution in [-0.4, -0.2) is 13.0 Å². The van der Waals surface area contributed by atoms with Crippen LogP contribution in [0.3, 0.4) is 0 Å². The van der Waals surface area contributed by atoms with Gasteiger partial charge in [0.1, 0.15) is 11.6 Å². The minimum Gasteiger partial charge on any atom is -0.497 e. The van der Waals surface area contributed by atoms with Crippen LogP contribution in [-0.2, 0) is 11.3 Å². The molecule has 1 amide bonds. The molecular weight excluding hydrogens is 295 g/mol. The topological polar surface area (TPSA) is 53.3 Å². The van der Waals surface area contributed by atoms with Crippen molar-refractivity contribution in [3.8, 4) is 11.8 Å². The molecule has 2 aromatic rings. The molecular formula is C18H15FN2O2. The fraction of sp³-hybridized carbons (Fsp3) is 0.111. The highest BCUT2D eigenvalue weighted by atomic mass is 19.1. The van der Waals surface area contributed by atoms with Gasteiger partial charge in [0.2, 0.25) is 0 Å². The highest BCUT2D eigenvalue weighted by Gasteiger charge is 2.18. The van der Waals surface area contributed by atoms with Crippen LogP contribution in [0.25, 0.3) is 0 Å². The lowest BCUT2D eigenvalue weighted by molar-refractivity contribution is -0.114. The van der Waals surface area contributed by atoms with Gasteiger partial charge < -0.3 is 9.64 Å². The zero-order valence-corrected chi connectivity index (χ0v) is 12.6. The van der Waals surface area contributed by atoms with Crippen LogP contribution in [0.5, 0.6) is 5.75 Å². The normalized spacial score (nSPS) is 9.78. The van der Waals surface area contributed by atoms with Crippen molar-refractivity contribution >= 4 is 11.6 Å². The first-order valence-corrected chi connectivity index (χ1v) is 6.85. The van der Waals surface area contributed by atoms with Crippen molar-refractivity contribution in [3.63, 3.8) is 0 Å². The Bertz CT molecular complexity index is 781. The molecule has 23 heavy (non-hydrogen) atoms. The van der Waals surface area contributed by atoms with E-state index in [1.54, 1.807) is 24.3 Å². The Morgan fingerprint density at radius 1 is 1.39 bits per heavy atom. The number of hydrogen-bond acceptors (Lipinski definition) is 3. The van der Waals surface area contributed by atoms with Crippen LogP contribution in [0.15, 0.2) is 55.1 Å². The molecule has 2 rings (SSSR count). The summed E-state index contributed by atoms with van der Waals surface area (Å²) in [6.07, 6.45) is 1.12. The van der Waals surface area contributed by atoms with Crippen molar-refractivity contribution in [1.29, 1.82) is 5.26 Å². The Hall–Kier alpha value is -3.13. The Morgan fingerprint density at radius 2 is 2.17 bits per heavy atom. The number of anilines is 1. The van der Waals surface area contributed by atoms with Gasteiger partial charge in [-0.1, -0.05) is 18.7 Å². The van der Waals surface area contributed by atoms with Gasteiger partial charge in [0.25, 0.3) is 5.91 Å². The first-order valence-electron chi connectivity index (χ1n) is 6.85. The Morgan fingerprint density at radius 3 is 2.83 bits per heavy atom. The van der Waals surface area contributed by atoms with Gasteiger partial charge in [-0.3, -0.25) is 4.79 Å². The lowest BCUT2D eigenvalue weighted by Crippen LogP contribution is -2.29. The largest absolute Gasteiger partial charge is 0.497 e. The smallest absolute Gasteiger partial charge is 0.250 e. The fourth-order valence-electron chi connectivity index (χ4n) is 2.14. The molecule has 0 unspecified atom stereocenters. The fourth-order valence-corrected chi connectivity index (χ4v) is 2.14. The van der Waals surface area contributed by atoms with Crippen LogP contribution in [0.1, 0.15) is 11.1 Å². The van der Waals surface area contributed by atoms with Gasteiger partial charge in [-0.05, 0) is 35.9 Å². The van der Waals surface area contributed by atoms with Crippen molar-refractivity contribution in [2.24, 2.45) is 0 Å². The number of ether oxygens (including phenoxy) is 1. The molecule has 0 spiro atoms. The highest BCUT2D eigenvalue weighted by molar-refractivity contribution is 6.01. The standard InChI is InChI=1S/C18H15FN2O2/c1-3-18(22)21(12-14-6-4-5-13(9-14)11-20)17-10-15(23-2)7-8-16(17)19/h3-10H,1,12H2,2H3. The van der Waals surface area contributed by atoms with Gasteiger partial charge >= 0.3 is 0 Å². The average Bonchev–Trinajstić information content (AvgIpc) is 2.60. The molecule has 0 fully saturated rings. The van der Waals surface area contributed by atoms with Crippen LogP contribution in [0.4, 0.5) is 10.1 Å². The lowest BCUT2D eigenvalue weighted by atomic mass is 10.1. The third-order valence-electron chi connectivity index (χ3n) is 3.28. The molecule has 2 aromatic carbocycles.